The van der Waals surface area contributed by atoms with E-state index in [-0.39, 0.29) is 5.56 Å². The van der Waals surface area contributed by atoms with Gasteiger partial charge in [0.1, 0.15) is 17.2 Å². The van der Waals surface area contributed by atoms with E-state index in [2.05, 4.69) is 15.6 Å². The number of amides is 1. The van der Waals surface area contributed by atoms with Crippen LogP contribution >= 0.6 is 0 Å². The second-order valence-electron chi connectivity index (χ2n) is 9.83. The number of nitriles is 1. The maximum Gasteiger partial charge on any atom is 0.407 e. The van der Waals surface area contributed by atoms with E-state index in [0.717, 1.165) is 16.5 Å². The van der Waals surface area contributed by atoms with Gasteiger partial charge in [0.25, 0.3) is 0 Å². The molecule has 1 amide bonds. The molecule has 2 N–H and O–H groups in total. The molecule has 4 rings (SSSR count). The molecule has 1 saturated carbocycles. The number of hydrogen-bond donors (Lipinski definition) is 2. The van der Waals surface area contributed by atoms with Crippen LogP contribution in [0.5, 0.6) is 0 Å². The Labute approximate surface area is 206 Å². The van der Waals surface area contributed by atoms with Gasteiger partial charge in [-0.15, -0.1) is 0 Å². The first-order chi connectivity index (χ1) is 16.9. The van der Waals surface area contributed by atoms with Gasteiger partial charge in [0.15, 0.2) is 0 Å². The van der Waals surface area contributed by atoms with Gasteiger partial charge < -0.3 is 5.32 Å². The van der Waals surface area contributed by atoms with Crippen molar-refractivity contribution in [3.63, 3.8) is 0 Å². The monoisotopic (exact) mass is 498 g/mol. The van der Waals surface area contributed by atoms with Gasteiger partial charge in [0, 0.05) is 18.0 Å². The molecular weight excluding hydrogens is 472 g/mol. The number of alkyl halides is 4. The van der Waals surface area contributed by atoms with Gasteiger partial charge in [-0.05, 0) is 61.6 Å². The van der Waals surface area contributed by atoms with Crippen molar-refractivity contribution in [2.75, 3.05) is 0 Å². The van der Waals surface area contributed by atoms with Gasteiger partial charge in [-0.1, -0.05) is 36.4 Å². The van der Waals surface area contributed by atoms with E-state index >= 15 is 0 Å². The van der Waals surface area contributed by atoms with Crippen LogP contribution in [0.1, 0.15) is 44.7 Å². The normalized spacial score (nSPS) is 16.7. The molecular formula is C27H26F4N4O. The van der Waals surface area contributed by atoms with E-state index in [1.165, 1.54) is 26.0 Å². The average molecular weight is 499 g/mol. The highest BCUT2D eigenvalue weighted by atomic mass is 19.4. The number of hydrogen-bond acceptors (Lipinski definition) is 4. The summed E-state index contributed by atoms with van der Waals surface area (Å²) in [6.45, 7) is 2.39. The lowest BCUT2D eigenvalue weighted by molar-refractivity contribution is -0.161. The molecule has 0 radical (unpaired) electrons. The molecule has 1 fully saturated rings. The summed E-state index contributed by atoms with van der Waals surface area (Å²) in [6, 6.07) is 13.4. The molecule has 1 aromatic heterocycles. The Morgan fingerprint density at radius 2 is 1.75 bits per heavy atom. The molecule has 5 nitrogen and oxygen atoms in total. The molecule has 0 spiro atoms. The van der Waals surface area contributed by atoms with Gasteiger partial charge in [0.2, 0.25) is 5.91 Å². The fourth-order valence-corrected chi connectivity index (χ4v) is 4.13. The van der Waals surface area contributed by atoms with Crippen LogP contribution in [0, 0.1) is 11.3 Å². The standard InChI is InChI=1S/C27H26F4N4O/c1-25(2,28)15-22(24(36)35-26(16-32)11-12-26)34-23(27(29,30)31)18-7-5-17(6-8-18)19-9-10-21-20(14-19)4-3-13-33-21/h3-10,13-14,22-23,34H,11-12,15H2,1-2H3,(H,35,36)/t22-,23-/m0/s1. The van der Waals surface area contributed by atoms with E-state index in [1.807, 2.05) is 36.4 Å². The molecule has 1 heterocycles. The van der Waals surface area contributed by atoms with Gasteiger partial charge in [0.05, 0.1) is 17.6 Å². The Balaban J connectivity index is 1.60. The first-order valence-electron chi connectivity index (χ1n) is 11.6. The Morgan fingerprint density at radius 3 is 2.33 bits per heavy atom. The number of fused-ring (bicyclic) bond motifs is 1. The molecule has 0 bridgehead atoms. The summed E-state index contributed by atoms with van der Waals surface area (Å²) in [6.07, 6.45) is -2.73. The zero-order chi connectivity index (χ0) is 26.1. The summed E-state index contributed by atoms with van der Waals surface area (Å²) in [5.74, 6) is -0.824. The highest BCUT2D eigenvalue weighted by Gasteiger charge is 2.48. The minimum absolute atomic E-state index is 0.107. The zero-order valence-electron chi connectivity index (χ0n) is 19.9. The number of carbonyl (C=O) groups is 1. The Hall–Kier alpha value is -3.51. The summed E-state index contributed by atoms with van der Waals surface area (Å²) in [4.78, 5) is 17.1. The number of benzene rings is 2. The molecule has 188 valence electrons. The van der Waals surface area contributed by atoms with Crippen LogP contribution in [-0.2, 0) is 4.79 Å². The molecule has 0 unspecified atom stereocenters. The minimum atomic E-state index is -4.75. The SMILES string of the molecule is CC(C)(F)C[C@H](N[C@@H](c1ccc(-c2ccc3ncccc3c2)cc1)C(F)(F)F)C(=O)NC1(C#N)CC1. The third-order valence-electron chi connectivity index (χ3n) is 6.21. The number of halogens is 4. The van der Waals surface area contributed by atoms with Gasteiger partial charge in [-0.2, -0.15) is 18.4 Å². The highest BCUT2D eigenvalue weighted by Crippen LogP contribution is 2.37. The number of carbonyl (C=O) groups excluding carboxylic acids is 1. The average Bonchev–Trinajstić information content (AvgIpc) is 3.60. The van der Waals surface area contributed by atoms with Crippen LogP contribution in [0.25, 0.3) is 22.0 Å². The maximum absolute atomic E-state index is 14.5. The van der Waals surface area contributed by atoms with Crippen molar-refractivity contribution in [2.45, 2.75) is 62.6 Å². The lowest BCUT2D eigenvalue weighted by Crippen LogP contribution is -2.53. The van der Waals surface area contributed by atoms with Crippen molar-refractivity contribution >= 4 is 16.8 Å². The Morgan fingerprint density at radius 1 is 1.08 bits per heavy atom. The maximum atomic E-state index is 14.5. The Bertz CT molecular complexity index is 1290. The summed E-state index contributed by atoms with van der Waals surface area (Å²) < 4.78 is 56.8. The predicted octanol–water partition coefficient (Wildman–Crippen LogP) is 5.77. The van der Waals surface area contributed by atoms with E-state index in [1.54, 1.807) is 18.3 Å². The number of nitrogens with zero attached hydrogens (tertiary/aromatic N) is 2. The summed E-state index contributed by atoms with van der Waals surface area (Å²) in [7, 11) is 0. The summed E-state index contributed by atoms with van der Waals surface area (Å²) in [5.41, 5.74) is -0.755. The number of rotatable bonds is 8. The topological polar surface area (TPSA) is 77.8 Å². The van der Waals surface area contributed by atoms with Gasteiger partial charge in [-0.3, -0.25) is 15.1 Å². The van der Waals surface area contributed by atoms with Crippen LogP contribution < -0.4 is 10.6 Å². The summed E-state index contributed by atoms with van der Waals surface area (Å²) in [5, 5.41) is 15.0. The van der Waals surface area contributed by atoms with E-state index in [9.17, 15) is 27.6 Å². The minimum Gasteiger partial charge on any atom is -0.336 e. The molecule has 0 saturated heterocycles. The first kappa shape index (κ1) is 25.6. The molecule has 2 atom stereocenters. The van der Waals surface area contributed by atoms with Crippen molar-refractivity contribution in [3.05, 3.63) is 66.4 Å². The number of nitrogens with one attached hydrogen (secondary N) is 2. The fourth-order valence-electron chi connectivity index (χ4n) is 4.13. The van der Waals surface area contributed by atoms with E-state index in [0.29, 0.717) is 18.4 Å². The van der Waals surface area contributed by atoms with Crippen LogP contribution in [0.15, 0.2) is 60.8 Å². The van der Waals surface area contributed by atoms with Crippen LogP contribution in [0.2, 0.25) is 0 Å². The third kappa shape index (κ3) is 6.00. The van der Waals surface area contributed by atoms with Crippen molar-refractivity contribution in [2.24, 2.45) is 0 Å². The van der Waals surface area contributed by atoms with E-state index < -0.39 is 41.8 Å². The molecule has 1 aliphatic rings. The molecule has 1 aliphatic carbocycles. The lowest BCUT2D eigenvalue weighted by Gasteiger charge is -2.30. The van der Waals surface area contributed by atoms with Crippen LogP contribution in [0.4, 0.5) is 17.6 Å². The lowest BCUT2D eigenvalue weighted by atomic mass is 9.96. The van der Waals surface area contributed by atoms with Gasteiger partial charge in [-0.25, -0.2) is 4.39 Å². The van der Waals surface area contributed by atoms with Crippen LogP contribution in [0.3, 0.4) is 0 Å². The van der Waals surface area contributed by atoms with Crippen molar-refractivity contribution < 1.29 is 22.4 Å². The number of pyridine rings is 1. The first-order valence-corrected chi connectivity index (χ1v) is 11.6. The molecule has 3 aromatic rings. The van der Waals surface area contributed by atoms with Gasteiger partial charge >= 0.3 is 6.18 Å². The van der Waals surface area contributed by atoms with Crippen LogP contribution in [-0.4, -0.2) is 34.3 Å². The Kier molecular flexibility index (Phi) is 6.76. The molecule has 0 aliphatic heterocycles. The van der Waals surface area contributed by atoms with Crippen molar-refractivity contribution in [1.29, 1.82) is 5.26 Å². The quantitative estimate of drug-likeness (QED) is 0.387. The zero-order valence-corrected chi connectivity index (χ0v) is 19.9. The van der Waals surface area contributed by atoms with Crippen molar-refractivity contribution in [3.8, 4) is 17.2 Å². The molecule has 2 aromatic carbocycles. The largest absolute Gasteiger partial charge is 0.407 e. The second kappa shape index (κ2) is 9.51. The second-order valence-corrected chi connectivity index (χ2v) is 9.83. The number of aromatic nitrogens is 1. The predicted molar refractivity (Wildman–Crippen MR) is 128 cm³/mol. The smallest absolute Gasteiger partial charge is 0.336 e. The fraction of sp³-hybridized carbons (Fsp3) is 0.370. The van der Waals surface area contributed by atoms with E-state index in [4.69, 9.17) is 0 Å². The highest BCUT2D eigenvalue weighted by molar-refractivity contribution is 5.84. The molecule has 36 heavy (non-hydrogen) atoms. The summed E-state index contributed by atoms with van der Waals surface area (Å²) >= 11 is 0. The molecule has 9 heteroatoms. The third-order valence-corrected chi connectivity index (χ3v) is 6.21. The van der Waals surface area contributed by atoms with Crippen molar-refractivity contribution in [1.82, 2.24) is 15.6 Å².